The number of hydrogen-bond donors (Lipinski definition) is 0. The first kappa shape index (κ1) is 12.8. The van der Waals surface area contributed by atoms with Crippen LogP contribution in [0.25, 0.3) is 0 Å². The van der Waals surface area contributed by atoms with E-state index in [0.717, 1.165) is 23.6 Å². The second-order valence-electron chi connectivity index (χ2n) is 4.77. The Kier molecular flexibility index (Phi) is 3.37. The van der Waals surface area contributed by atoms with Crippen molar-refractivity contribution in [1.82, 2.24) is 4.90 Å². The summed E-state index contributed by atoms with van der Waals surface area (Å²) >= 11 is 3.44. The summed E-state index contributed by atoms with van der Waals surface area (Å²) in [6.45, 7) is 1.97. The van der Waals surface area contributed by atoms with Crippen molar-refractivity contribution >= 4 is 15.9 Å². The third-order valence-electron chi connectivity index (χ3n) is 3.38. The van der Waals surface area contributed by atoms with Crippen LogP contribution in [0, 0.1) is 11.6 Å². The number of nitrogens with zero attached hydrogens (tertiary/aromatic N) is 1. The number of benzene rings is 2. The highest BCUT2D eigenvalue weighted by atomic mass is 79.9. The standard InChI is InChI=1S/C15H12BrF2N/c16-13-5-4-10-7-19(9-12(10)6-13)8-11-2-1-3-14(17)15(11)18/h1-6H,7-9H2. The summed E-state index contributed by atoms with van der Waals surface area (Å²) in [6, 6.07) is 10.5. The van der Waals surface area contributed by atoms with Gasteiger partial charge < -0.3 is 0 Å². The maximum absolute atomic E-state index is 13.6. The molecule has 0 aliphatic carbocycles. The van der Waals surface area contributed by atoms with Gasteiger partial charge in [-0.15, -0.1) is 0 Å². The van der Waals surface area contributed by atoms with Crippen molar-refractivity contribution in [2.75, 3.05) is 0 Å². The van der Waals surface area contributed by atoms with Crippen LogP contribution in [0.15, 0.2) is 40.9 Å². The summed E-state index contributed by atoms with van der Waals surface area (Å²) in [5, 5.41) is 0. The Morgan fingerprint density at radius 3 is 2.68 bits per heavy atom. The lowest BCUT2D eigenvalue weighted by molar-refractivity contribution is 0.269. The highest BCUT2D eigenvalue weighted by Gasteiger charge is 2.20. The lowest BCUT2D eigenvalue weighted by atomic mass is 10.1. The van der Waals surface area contributed by atoms with E-state index in [1.54, 1.807) is 12.1 Å². The summed E-state index contributed by atoms with van der Waals surface area (Å²) in [5.74, 6) is -1.52. The monoisotopic (exact) mass is 323 g/mol. The van der Waals surface area contributed by atoms with Crippen LogP contribution in [0.3, 0.4) is 0 Å². The topological polar surface area (TPSA) is 3.24 Å². The summed E-state index contributed by atoms with van der Waals surface area (Å²) in [4.78, 5) is 2.11. The first-order valence-electron chi connectivity index (χ1n) is 6.06. The molecule has 2 aromatic carbocycles. The van der Waals surface area contributed by atoms with E-state index in [9.17, 15) is 8.78 Å². The smallest absolute Gasteiger partial charge is 0.163 e. The molecular weight excluding hydrogens is 312 g/mol. The molecule has 19 heavy (non-hydrogen) atoms. The van der Waals surface area contributed by atoms with Crippen LogP contribution < -0.4 is 0 Å². The van der Waals surface area contributed by atoms with Crippen LogP contribution in [-0.4, -0.2) is 4.90 Å². The van der Waals surface area contributed by atoms with E-state index >= 15 is 0 Å². The van der Waals surface area contributed by atoms with E-state index < -0.39 is 11.6 Å². The molecule has 98 valence electrons. The van der Waals surface area contributed by atoms with Crippen molar-refractivity contribution in [3.8, 4) is 0 Å². The van der Waals surface area contributed by atoms with Crippen molar-refractivity contribution in [3.05, 3.63) is 69.2 Å². The molecule has 0 unspecified atom stereocenters. The lowest BCUT2D eigenvalue weighted by Gasteiger charge is -2.15. The van der Waals surface area contributed by atoms with E-state index in [0.29, 0.717) is 12.1 Å². The molecular formula is C15H12BrF2N. The number of hydrogen-bond acceptors (Lipinski definition) is 1. The summed E-state index contributed by atoms with van der Waals surface area (Å²) in [7, 11) is 0. The zero-order valence-electron chi connectivity index (χ0n) is 10.2. The van der Waals surface area contributed by atoms with Gasteiger partial charge >= 0.3 is 0 Å². The fourth-order valence-corrected chi connectivity index (χ4v) is 2.87. The van der Waals surface area contributed by atoms with Crippen LogP contribution in [-0.2, 0) is 19.6 Å². The van der Waals surface area contributed by atoms with Crippen LogP contribution in [0.5, 0.6) is 0 Å². The van der Waals surface area contributed by atoms with Crippen LogP contribution >= 0.6 is 15.9 Å². The largest absolute Gasteiger partial charge is 0.290 e. The Hall–Kier alpha value is -1.26. The fraction of sp³-hybridized carbons (Fsp3) is 0.200. The Bertz CT molecular complexity index is 628. The van der Waals surface area contributed by atoms with Gasteiger partial charge in [0.2, 0.25) is 0 Å². The van der Waals surface area contributed by atoms with Crippen molar-refractivity contribution in [3.63, 3.8) is 0 Å². The Balaban J connectivity index is 1.79. The minimum Gasteiger partial charge on any atom is -0.290 e. The van der Waals surface area contributed by atoms with Gasteiger partial charge in [-0.1, -0.05) is 34.1 Å². The van der Waals surface area contributed by atoms with Gasteiger partial charge in [0.15, 0.2) is 11.6 Å². The molecule has 0 saturated heterocycles. The van der Waals surface area contributed by atoms with Gasteiger partial charge in [-0.25, -0.2) is 8.78 Å². The van der Waals surface area contributed by atoms with E-state index in [-0.39, 0.29) is 0 Å². The van der Waals surface area contributed by atoms with Gasteiger partial charge in [0.1, 0.15) is 0 Å². The third kappa shape index (κ3) is 2.55. The molecule has 1 aliphatic heterocycles. The maximum atomic E-state index is 13.6. The molecule has 0 bridgehead atoms. The molecule has 0 fully saturated rings. The Morgan fingerprint density at radius 2 is 1.84 bits per heavy atom. The molecule has 4 heteroatoms. The first-order valence-corrected chi connectivity index (χ1v) is 6.85. The van der Waals surface area contributed by atoms with Crippen LogP contribution in [0.4, 0.5) is 8.78 Å². The highest BCUT2D eigenvalue weighted by molar-refractivity contribution is 9.10. The maximum Gasteiger partial charge on any atom is 0.163 e. The van der Waals surface area contributed by atoms with Gasteiger partial charge in [-0.3, -0.25) is 4.90 Å². The average Bonchev–Trinajstić information content (AvgIpc) is 2.76. The average molecular weight is 324 g/mol. The predicted octanol–water partition coefficient (Wildman–Crippen LogP) is 4.24. The molecule has 2 aromatic rings. The molecule has 1 nitrogen and oxygen atoms in total. The molecule has 0 aromatic heterocycles. The molecule has 1 heterocycles. The second-order valence-corrected chi connectivity index (χ2v) is 5.69. The molecule has 0 amide bonds. The van der Waals surface area contributed by atoms with Gasteiger partial charge in [-0.2, -0.15) is 0 Å². The van der Waals surface area contributed by atoms with E-state index in [4.69, 9.17) is 0 Å². The van der Waals surface area contributed by atoms with E-state index in [1.807, 2.05) is 6.07 Å². The van der Waals surface area contributed by atoms with Crippen molar-refractivity contribution in [2.24, 2.45) is 0 Å². The second kappa shape index (κ2) is 5.02. The minimum atomic E-state index is -0.781. The van der Waals surface area contributed by atoms with Crippen LogP contribution in [0.1, 0.15) is 16.7 Å². The molecule has 0 atom stereocenters. The molecule has 0 N–H and O–H groups in total. The summed E-state index contributed by atoms with van der Waals surface area (Å²) in [6.07, 6.45) is 0. The van der Waals surface area contributed by atoms with Gasteiger partial charge in [-0.05, 0) is 29.3 Å². The SMILES string of the molecule is Fc1cccc(CN2Cc3ccc(Br)cc3C2)c1F. The van der Waals surface area contributed by atoms with Crippen molar-refractivity contribution in [1.29, 1.82) is 0 Å². The fourth-order valence-electron chi connectivity index (χ4n) is 2.46. The molecule has 0 saturated carbocycles. The Labute approximate surface area is 119 Å². The molecule has 0 spiro atoms. The Morgan fingerprint density at radius 1 is 1.05 bits per heavy atom. The van der Waals surface area contributed by atoms with Gasteiger partial charge in [0.05, 0.1) is 0 Å². The first-order chi connectivity index (χ1) is 9.13. The zero-order valence-corrected chi connectivity index (χ0v) is 11.8. The van der Waals surface area contributed by atoms with Crippen molar-refractivity contribution < 1.29 is 8.78 Å². The van der Waals surface area contributed by atoms with Gasteiger partial charge in [0, 0.05) is 29.7 Å². The quantitative estimate of drug-likeness (QED) is 0.798. The van der Waals surface area contributed by atoms with E-state index in [2.05, 4.69) is 33.0 Å². The van der Waals surface area contributed by atoms with Crippen molar-refractivity contribution in [2.45, 2.75) is 19.6 Å². The number of halogens is 3. The molecule has 0 radical (unpaired) electrons. The minimum absolute atomic E-state index is 0.409. The molecule has 3 rings (SSSR count). The number of fused-ring (bicyclic) bond motifs is 1. The van der Waals surface area contributed by atoms with E-state index in [1.165, 1.54) is 11.1 Å². The molecule has 1 aliphatic rings. The number of rotatable bonds is 2. The predicted molar refractivity (Wildman–Crippen MR) is 73.5 cm³/mol. The summed E-state index contributed by atoms with van der Waals surface area (Å²) in [5.41, 5.74) is 2.90. The van der Waals surface area contributed by atoms with Crippen LogP contribution in [0.2, 0.25) is 0 Å². The third-order valence-corrected chi connectivity index (χ3v) is 3.87. The summed E-state index contributed by atoms with van der Waals surface area (Å²) < 4.78 is 27.9. The lowest BCUT2D eigenvalue weighted by Crippen LogP contribution is -2.16. The van der Waals surface area contributed by atoms with Gasteiger partial charge in [0.25, 0.3) is 0 Å². The normalized spacial score (nSPS) is 14.7. The zero-order chi connectivity index (χ0) is 13.4. The highest BCUT2D eigenvalue weighted by Crippen LogP contribution is 2.27.